The van der Waals surface area contributed by atoms with Gasteiger partial charge in [-0.25, -0.2) is 0 Å². The Labute approximate surface area is 172 Å². The third-order valence-corrected chi connectivity index (χ3v) is 4.19. The second-order valence-corrected chi connectivity index (χ2v) is 6.25. The maximum Gasteiger partial charge on any atom is 0.262 e. The molecule has 0 fully saturated rings. The quantitative estimate of drug-likeness (QED) is 0.501. The summed E-state index contributed by atoms with van der Waals surface area (Å²) in [6.45, 7) is -0.132. The number of nitrogens with one attached hydrogen (secondary N) is 1. The van der Waals surface area contributed by atoms with Gasteiger partial charge in [0.25, 0.3) is 11.8 Å². The Kier molecular flexibility index (Phi) is 5.66. The van der Waals surface area contributed by atoms with E-state index < -0.39 is 0 Å². The molecule has 0 spiro atoms. The highest BCUT2D eigenvalue weighted by Gasteiger charge is 2.12. The van der Waals surface area contributed by atoms with Crippen molar-refractivity contribution in [3.05, 3.63) is 73.1 Å². The fraction of sp³-hybridized carbons (Fsp3) is 0.0909. The lowest BCUT2D eigenvalue weighted by Crippen LogP contribution is -2.20. The SMILES string of the molecule is COc1ccc(-c2noc(-c3cccc(OCC(=O)Nc4ccncc4)c3)n2)cc1. The Bertz CT molecular complexity index is 1130. The number of ether oxygens (including phenoxy) is 2. The standard InChI is InChI=1S/C22H18N4O4/c1-28-18-7-5-15(6-8-18)21-25-22(30-26-21)16-3-2-4-19(13-16)29-14-20(27)24-17-9-11-23-12-10-17/h2-13H,14H2,1H3,(H,23,24,27). The fourth-order valence-corrected chi connectivity index (χ4v) is 2.70. The molecule has 0 aliphatic rings. The topological polar surface area (TPSA) is 99.4 Å². The summed E-state index contributed by atoms with van der Waals surface area (Å²) in [5, 5.41) is 6.77. The maximum atomic E-state index is 12.0. The minimum absolute atomic E-state index is 0.132. The lowest BCUT2D eigenvalue weighted by molar-refractivity contribution is -0.118. The van der Waals surface area contributed by atoms with Crippen LogP contribution < -0.4 is 14.8 Å². The number of methoxy groups -OCH3 is 1. The number of carbonyl (C=O) groups is 1. The summed E-state index contributed by atoms with van der Waals surface area (Å²) in [6.07, 6.45) is 3.20. The molecule has 0 bridgehead atoms. The summed E-state index contributed by atoms with van der Waals surface area (Å²) in [5.41, 5.74) is 2.16. The average molecular weight is 402 g/mol. The number of pyridine rings is 1. The Morgan fingerprint density at radius 2 is 1.80 bits per heavy atom. The molecule has 0 unspecified atom stereocenters. The van der Waals surface area contributed by atoms with Gasteiger partial charge in [-0.05, 0) is 54.6 Å². The number of hydrogen-bond donors (Lipinski definition) is 1. The minimum Gasteiger partial charge on any atom is -0.497 e. The Hall–Kier alpha value is -4.20. The molecule has 1 amide bonds. The van der Waals surface area contributed by atoms with Crippen LogP contribution >= 0.6 is 0 Å². The minimum atomic E-state index is -0.272. The molecule has 30 heavy (non-hydrogen) atoms. The molecule has 0 aliphatic heterocycles. The molecule has 0 saturated heterocycles. The molecule has 8 heteroatoms. The van der Waals surface area contributed by atoms with Crippen molar-refractivity contribution in [1.29, 1.82) is 0 Å². The third kappa shape index (κ3) is 4.61. The molecule has 0 aliphatic carbocycles. The second kappa shape index (κ2) is 8.87. The van der Waals surface area contributed by atoms with Gasteiger partial charge in [-0.3, -0.25) is 9.78 Å². The van der Waals surface area contributed by atoms with Gasteiger partial charge in [0.2, 0.25) is 5.82 Å². The van der Waals surface area contributed by atoms with Gasteiger partial charge in [-0.2, -0.15) is 4.98 Å². The molecule has 4 aromatic rings. The number of carbonyl (C=O) groups excluding carboxylic acids is 1. The molecular weight excluding hydrogens is 384 g/mol. The van der Waals surface area contributed by atoms with Gasteiger partial charge >= 0.3 is 0 Å². The van der Waals surface area contributed by atoms with Crippen molar-refractivity contribution in [3.63, 3.8) is 0 Å². The summed E-state index contributed by atoms with van der Waals surface area (Å²) < 4.78 is 16.1. The van der Waals surface area contributed by atoms with Crippen LogP contribution in [0.3, 0.4) is 0 Å². The molecule has 2 heterocycles. The number of amides is 1. The van der Waals surface area contributed by atoms with E-state index in [1.54, 1.807) is 49.8 Å². The number of aromatic nitrogens is 3. The molecule has 2 aromatic heterocycles. The van der Waals surface area contributed by atoms with Crippen LogP contribution in [0, 0.1) is 0 Å². The van der Waals surface area contributed by atoms with E-state index in [1.165, 1.54) is 0 Å². The van der Waals surface area contributed by atoms with Gasteiger partial charge in [-0.15, -0.1) is 0 Å². The van der Waals surface area contributed by atoms with Crippen LogP contribution in [0.5, 0.6) is 11.5 Å². The first-order valence-electron chi connectivity index (χ1n) is 9.12. The van der Waals surface area contributed by atoms with E-state index in [4.69, 9.17) is 14.0 Å². The number of hydrogen-bond acceptors (Lipinski definition) is 7. The first-order valence-corrected chi connectivity index (χ1v) is 9.12. The van der Waals surface area contributed by atoms with E-state index in [1.807, 2.05) is 30.3 Å². The zero-order valence-corrected chi connectivity index (χ0v) is 16.1. The Balaban J connectivity index is 1.42. The van der Waals surface area contributed by atoms with Crippen molar-refractivity contribution >= 4 is 11.6 Å². The van der Waals surface area contributed by atoms with E-state index in [0.717, 1.165) is 11.3 Å². The molecule has 0 radical (unpaired) electrons. The summed E-state index contributed by atoms with van der Waals surface area (Å²) in [6, 6.07) is 17.9. The Morgan fingerprint density at radius 3 is 2.57 bits per heavy atom. The summed E-state index contributed by atoms with van der Waals surface area (Å²) in [5.74, 6) is 1.82. The van der Waals surface area contributed by atoms with Crippen molar-refractivity contribution in [2.75, 3.05) is 19.0 Å². The predicted octanol–water partition coefficient (Wildman–Crippen LogP) is 3.82. The van der Waals surface area contributed by atoms with Crippen LogP contribution in [0.15, 0.2) is 77.6 Å². The van der Waals surface area contributed by atoms with Crippen molar-refractivity contribution in [2.45, 2.75) is 0 Å². The molecule has 1 N–H and O–H groups in total. The van der Waals surface area contributed by atoms with E-state index in [9.17, 15) is 4.79 Å². The van der Waals surface area contributed by atoms with E-state index in [2.05, 4.69) is 20.4 Å². The third-order valence-electron chi connectivity index (χ3n) is 4.19. The first-order chi connectivity index (χ1) is 14.7. The highest BCUT2D eigenvalue weighted by atomic mass is 16.5. The smallest absolute Gasteiger partial charge is 0.262 e. The van der Waals surface area contributed by atoms with Crippen LogP contribution in [-0.2, 0) is 4.79 Å². The molecule has 150 valence electrons. The molecule has 8 nitrogen and oxygen atoms in total. The highest BCUT2D eigenvalue weighted by molar-refractivity contribution is 5.91. The van der Waals surface area contributed by atoms with Crippen LogP contribution in [0.2, 0.25) is 0 Å². The van der Waals surface area contributed by atoms with Crippen LogP contribution in [0.25, 0.3) is 22.8 Å². The highest BCUT2D eigenvalue weighted by Crippen LogP contribution is 2.26. The van der Waals surface area contributed by atoms with Gasteiger partial charge in [0.15, 0.2) is 6.61 Å². The number of nitrogens with zero attached hydrogens (tertiary/aromatic N) is 3. The summed E-state index contributed by atoms with van der Waals surface area (Å²) >= 11 is 0. The van der Waals surface area contributed by atoms with E-state index in [0.29, 0.717) is 28.7 Å². The zero-order valence-electron chi connectivity index (χ0n) is 16.1. The van der Waals surface area contributed by atoms with Gasteiger partial charge in [-0.1, -0.05) is 11.2 Å². The maximum absolute atomic E-state index is 12.0. The van der Waals surface area contributed by atoms with Crippen LogP contribution in [0.1, 0.15) is 0 Å². The normalized spacial score (nSPS) is 10.4. The number of anilines is 1. The van der Waals surface area contributed by atoms with Gasteiger partial charge in [0, 0.05) is 29.2 Å². The lowest BCUT2D eigenvalue weighted by Gasteiger charge is -2.07. The molecule has 2 aromatic carbocycles. The fourth-order valence-electron chi connectivity index (χ4n) is 2.70. The zero-order chi connectivity index (χ0) is 20.8. The molecule has 0 atom stereocenters. The van der Waals surface area contributed by atoms with Crippen molar-refractivity contribution in [3.8, 4) is 34.3 Å². The number of benzene rings is 2. The Morgan fingerprint density at radius 1 is 1.00 bits per heavy atom. The molecule has 4 rings (SSSR count). The lowest BCUT2D eigenvalue weighted by atomic mass is 10.2. The van der Waals surface area contributed by atoms with E-state index in [-0.39, 0.29) is 12.5 Å². The van der Waals surface area contributed by atoms with Crippen molar-refractivity contribution < 1.29 is 18.8 Å². The average Bonchev–Trinajstić information content (AvgIpc) is 3.29. The van der Waals surface area contributed by atoms with Crippen LogP contribution in [-0.4, -0.2) is 34.7 Å². The summed E-state index contributed by atoms with van der Waals surface area (Å²) in [4.78, 5) is 20.4. The van der Waals surface area contributed by atoms with Crippen LogP contribution in [0.4, 0.5) is 5.69 Å². The first kappa shape index (κ1) is 19.1. The van der Waals surface area contributed by atoms with Crippen molar-refractivity contribution in [1.82, 2.24) is 15.1 Å². The van der Waals surface area contributed by atoms with Gasteiger partial charge in [0.05, 0.1) is 7.11 Å². The monoisotopic (exact) mass is 402 g/mol. The van der Waals surface area contributed by atoms with Crippen molar-refractivity contribution in [2.24, 2.45) is 0 Å². The van der Waals surface area contributed by atoms with Gasteiger partial charge in [0.1, 0.15) is 11.5 Å². The number of rotatable bonds is 7. The predicted molar refractivity (Wildman–Crippen MR) is 110 cm³/mol. The largest absolute Gasteiger partial charge is 0.497 e. The molecular formula is C22H18N4O4. The van der Waals surface area contributed by atoms with E-state index >= 15 is 0 Å². The second-order valence-electron chi connectivity index (χ2n) is 6.25. The van der Waals surface area contributed by atoms with Gasteiger partial charge < -0.3 is 19.3 Å². The molecule has 0 saturated carbocycles. The summed E-state index contributed by atoms with van der Waals surface area (Å²) in [7, 11) is 1.61.